The summed E-state index contributed by atoms with van der Waals surface area (Å²) in [7, 11) is 1.17. The van der Waals surface area contributed by atoms with E-state index in [1.54, 1.807) is 0 Å². The first-order valence-corrected chi connectivity index (χ1v) is 13.8. The topological polar surface area (TPSA) is 105 Å². The number of alkyl carbamates (subject to hydrolysis) is 1. The summed E-state index contributed by atoms with van der Waals surface area (Å²) in [5.41, 5.74) is 8.30. The number of carbonyl (C=O) groups excluding carboxylic acids is 2. The van der Waals surface area contributed by atoms with Gasteiger partial charge >= 0.3 is 6.09 Å². The van der Waals surface area contributed by atoms with Crippen LogP contribution in [0.1, 0.15) is 62.6 Å². The Morgan fingerprint density at radius 2 is 1.70 bits per heavy atom. The van der Waals surface area contributed by atoms with Crippen molar-refractivity contribution >= 4 is 12.0 Å². The summed E-state index contributed by atoms with van der Waals surface area (Å²) in [6.07, 6.45) is -0.468. The lowest BCUT2D eigenvalue weighted by molar-refractivity contribution is -0.136. The van der Waals surface area contributed by atoms with Crippen LogP contribution in [0.5, 0.6) is 0 Å². The van der Waals surface area contributed by atoms with E-state index in [9.17, 15) is 27.9 Å². The van der Waals surface area contributed by atoms with E-state index in [0.29, 0.717) is 12.8 Å². The zero-order chi connectivity index (χ0) is 29.7. The van der Waals surface area contributed by atoms with Crippen LogP contribution in [0.3, 0.4) is 0 Å². The van der Waals surface area contributed by atoms with Crippen molar-refractivity contribution in [3.8, 4) is 0 Å². The largest absolute Gasteiger partial charge is 0.453 e. The molecule has 10 heteroatoms. The van der Waals surface area contributed by atoms with Crippen molar-refractivity contribution < 1.29 is 32.6 Å². The maximum absolute atomic E-state index is 14.5. The number of benzene rings is 2. The van der Waals surface area contributed by atoms with Crippen molar-refractivity contribution in [2.24, 2.45) is 5.73 Å². The molecule has 0 heterocycles. The number of unbranched alkanes of at least 4 members (excludes halogenated alkanes) is 1. The second-order valence-corrected chi connectivity index (χ2v) is 10.1. The van der Waals surface area contributed by atoms with E-state index < -0.39 is 48.0 Å². The van der Waals surface area contributed by atoms with Crippen LogP contribution in [-0.4, -0.2) is 60.0 Å². The molecule has 0 aliphatic rings. The summed E-state index contributed by atoms with van der Waals surface area (Å²) in [6, 6.07) is 8.57. The first-order valence-electron chi connectivity index (χ1n) is 13.8. The number of nitrogens with one attached hydrogen (secondary N) is 1. The van der Waals surface area contributed by atoms with Gasteiger partial charge in [-0.2, -0.15) is 0 Å². The molecule has 4 N–H and O–H groups in total. The average Bonchev–Trinajstić information content (AvgIpc) is 2.92. The fourth-order valence-electron chi connectivity index (χ4n) is 4.50. The molecule has 1 unspecified atom stereocenters. The van der Waals surface area contributed by atoms with Crippen LogP contribution < -0.4 is 11.1 Å². The molecule has 0 saturated carbocycles. The summed E-state index contributed by atoms with van der Waals surface area (Å²) >= 11 is 0. The van der Waals surface area contributed by atoms with Gasteiger partial charge in [-0.25, -0.2) is 18.0 Å². The maximum atomic E-state index is 14.5. The summed E-state index contributed by atoms with van der Waals surface area (Å²) in [5, 5.41) is 13.5. The Kier molecular flexibility index (Phi) is 14.0. The first kappa shape index (κ1) is 33.1. The van der Waals surface area contributed by atoms with E-state index in [-0.39, 0.29) is 37.9 Å². The van der Waals surface area contributed by atoms with Crippen LogP contribution in [0.25, 0.3) is 0 Å². The Hall–Kier alpha value is -3.11. The number of amides is 2. The lowest BCUT2D eigenvalue weighted by Gasteiger charge is -2.31. The van der Waals surface area contributed by atoms with Gasteiger partial charge in [0.1, 0.15) is 23.8 Å². The molecule has 0 aromatic heterocycles. The highest BCUT2D eigenvalue weighted by Gasteiger charge is 2.30. The zero-order valence-electron chi connectivity index (χ0n) is 23.5. The lowest BCUT2D eigenvalue weighted by Crippen LogP contribution is -2.52. The molecule has 2 aromatic carbocycles. The van der Waals surface area contributed by atoms with E-state index in [1.165, 1.54) is 12.0 Å². The van der Waals surface area contributed by atoms with Gasteiger partial charge in [0, 0.05) is 25.2 Å². The van der Waals surface area contributed by atoms with Crippen LogP contribution in [0.4, 0.5) is 18.0 Å². The fraction of sp³-hybridized carbons (Fsp3) is 0.533. The monoisotopic (exact) mass is 565 g/mol. The molecule has 0 radical (unpaired) electrons. The van der Waals surface area contributed by atoms with Gasteiger partial charge in [0.05, 0.1) is 13.2 Å². The minimum Gasteiger partial charge on any atom is -0.453 e. The molecule has 0 aliphatic carbocycles. The van der Waals surface area contributed by atoms with E-state index in [2.05, 4.69) is 5.32 Å². The molecule has 222 valence electrons. The molecule has 0 spiro atoms. The second kappa shape index (κ2) is 16.9. The van der Waals surface area contributed by atoms with Crippen molar-refractivity contribution in [3.63, 3.8) is 0 Å². The number of alkyl halides is 1. The van der Waals surface area contributed by atoms with Crippen LogP contribution in [0, 0.1) is 11.6 Å². The SMILES string of the molecule is CCCCC(F)CC[C@@H](NC(=O)OC)C(=O)N(Cc1cccc(CC)c1)C[C@@H](O)[C@@H](N)Cc1cc(F)cc(F)c1. The number of nitrogens with zero attached hydrogens (tertiary/aromatic N) is 1. The van der Waals surface area contributed by atoms with Crippen molar-refractivity contribution in [1.29, 1.82) is 0 Å². The van der Waals surface area contributed by atoms with Crippen LogP contribution in [0.2, 0.25) is 0 Å². The van der Waals surface area contributed by atoms with E-state index in [4.69, 9.17) is 10.5 Å². The van der Waals surface area contributed by atoms with Gasteiger partial charge < -0.3 is 25.8 Å². The summed E-state index contributed by atoms with van der Waals surface area (Å²) in [6.45, 7) is 3.84. The van der Waals surface area contributed by atoms with Crippen molar-refractivity contribution in [2.45, 2.75) is 89.7 Å². The highest BCUT2D eigenvalue weighted by Crippen LogP contribution is 2.18. The number of aliphatic hydroxyl groups excluding tert-OH is 1. The molecule has 40 heavy (non-hydrogen) atoms. The van der Waals surface area contributed by atoms with Crippen molar-refractivity contribution in [1.82, 2.24) is 10.2 Å². The van der Waals surface area contributed by atoms with Gasteiger partial charge in [0.25, 0.3) is 0 Å². The normalized spacial score (nSPS) is 14.2. The maximum Gasteiger partial charge on any atom is 0.407 e. The number of rotatable bonds is 16. The predicted octanol–water partition coefficient (Wildman–Crippen LogP) is 4.82. The van der Waals surface area contributed by atoms with Gasteiger partial charge in [-0.1, -0.05) is 51.0 Å². The smallest absolute Gasteiger partial charge is 0.407 e. The number of ether oxygens (including phenoxy) is 1. The van der Waals surface area contributed by atoms with E-state index >= 15 is 0 Å². The minimum atomic E-state index is -1.26. The van der Waals surface area contributed by atoms with E-state index in [0.717, 1.165) is 42.2 Å². The third-order valence-electron chi connectivity index (χ3n) is 6.80. The molecule has 0 bridgehead atoms. The number of halogens is 3. The standard InChI is InChI=1S/C30H42F3N3O4/c1-4-6-10-23(31)11-12-27(35-30(39)40-3)29(38)36(18-21-9-7-8-20(5-2)13-21)19-28(37)26(34)16-22-14-24(32)17-25(33)15-22/h7-9,13-15,17,23,26-28,37H,4-6,10-12,16,18-19,34H2,1-3H3,(H,35,39)/t23?,26-,27+,28+/m0/s1. The number of aryl methyl sites for hydroxylation is 1. The Labute approximate surface area is 234 Å². The molecule has 2 amide bonds. The van der Waals surface area contributed by atoms with E-state index in [1.807, 2.05) is 38.1 Å². The quantitative estimate of drug-likeness (QED) is 0.271. The Balaban J connectivity index is 2.27. The van der Waals surface area contributed by atoms with Crippen molar-refractivity contribution in [2.75, 3.05) is 13.7 Å². The minimum absolute atomic E-state index is 0.0337. The summed E-state index contributed by atoms with van der Waals surface area (Å²) in [5.74, 6) is -2.05. The van der Waals surface area contributed by atoms with Gasteiger partial charge in [0.15, 0.2) is 0 Å². The third kappa shape index (κ3) is 11.2. The van der Waals surface area contributed by atoms with Crippen LogP contribution >= 0.6 is 0 Å². The van der Waals surface area contributed by atoms with Crippen LogP contribution in [-0.2, 0) is 28.9 Å². The number of aliphatic hydroxyl groups is 1. The van der Waals surface area contributed by atoms with Gasteiger partial charge in [0.2, 0.25) is 5.91 Å². The molecule has 7 nitrogen and oxygen atoms in total. The second-order valence-electron chi connectivity index (χ2n) is 10.1. The zero-order valence-corrected chi connectivity index (χ0v) is 23.5. The Bertz CT molecular complexity index is 1070. The predicted molar refractivity (Wildman–Crippen MR) is 148 cm³/mol. The first-order chi connectivity index (χ1) is 19.1. The molecule has 0 fully saturated rings. The Morgan fingerprint density at radius 1 is 1.02 bits per heavy atom. The third-order valence-corrected chi connectivity index (χ3v) is 6.80. The summed E-state index contributed by atoms with van der Waals surface area (Å²) in [4.78, 5) is 27.2. The van der Waals surface area contributed by atoms with Gasteiger partial charge in [-0.05, 0) is 60.9 Å². The van der Waals surface area contributed by atoms with Gasteiger partial charge in [-0.3, -0.25) is 4.79 Å². The molecular weight excluding hydrogens is 523 g/mol. The number of hydrogen-bond donors (Lipinski definition) is 3. The number of nitrogens with two attached hydrogens (primary N) is 1. The molecule has 4 atom stereocenters. The average molecular weight is 566 g/mol. The highest BCUT2D eigenvalue weighted by molar-refractivity contribution is 5.85. The Morgan fingerprint density at radius 3 is 2.33 bits per heavy atom. The lowest BCUT2D eigenvalue weighted by atomic mass is 10.00. The molecule has 2 aromatic rings. The molecule has 0 saturated heterocycles. The number of methoxy groups -OCH3 is 1. The molecule has 0 aliphatic heterocycles. The van der Waals surface area contributed by atoms with Crippen LogP contribution in [0.15, 0.2) is 42.5 Å². The van der Waals surface area contributed by atoms with Gasteiger partial charge in [-0.15, -0.1) is 0 Å². The fourth-order valence-corrected chi connectivity index (χ4v) is 4.50. The number of hydrogen-bond acceptors (Lipinski definition) is 5. The molecular formula is C30H42F3N3O4. The molecule has 2 rings (SSSR count). The highest BCUT2D eigenvalue weighted by atomic mass is 19.1. The summed E-state index contributed by atoms with van der Waals surface area (Å²) < 4.78 is 46.5. The number of carbonyl (C=O) groups is 2. The van der Waals surface area contributed by atoms with Crippen molar-refractivity contribution in [3.05, 3.63) is 70.8 Å².